The maximum Gasteiger partial charge on any atom is 0.414 e. The lowest BCUT2D eigenvalue weighted by Gasteiger charge is -2.22. The predicted octanol–water partition coefficient (Wildman–Crippen LogP) is 2.49. The van der Waals surface area contributed by atoms with Crippen molar-refractivity contribution < 1.29 is 28.7 Å². The number of rotatable bonds is 7. The van der Waals surface area contributed by atoms with Gasteiger partial charge >= 0.3 is 17.8 Å². The minimum atomic E-state index is -0.559. The van der Waals surface area contributed by atoms with Gasteiger partial charge in [-0.1, -0.05) is 12.1 Å². The molecule has 0 bridgehead atoms. The van der Waals surface area contributed by atoms with Gasteiger partial charge in [0.05, 0.1) is 13.2 Å². The summed E-state index contributed by atoms with van der Waals surface area (Å²) in [5, 5.41) is 10.8. The van der Waals surface area contributed by atoms with Crippen LogP contribution in [0.2, 0.25) is 0 Å². The van der Waals surface area contributed by atoms with Gasteiger partial charge in [-0.15, -0.1) is 0 Å². The Morgan fingerprint density at radius 2 is 2.07 bits per heavy atom. The normalized spacial score (nSPS) is 15.9. The van der Waals surface area contributed by atoms with Crippen LogP contribution in [0.15, 0.2) is 30.5 Å². The van der Waals surface area contributed by atoms with Gasteiger partial charge in [-0.2, -0.15) is 0 Å². The van der Waals surface area contributed by atoms with Crippen LogP contribution in [0.1, 0.15) is 26.3 Å². The Morgan fingerprint density at radius 1 is 1.34 bits per heavy atom. The second-order valence-corrected chi connectivity index (χ2v) is 7.55. The molecule has 10 nitrogen and oxygen atoms in total. The molecule has 1 aliphatic heterocycles. The average Bonchev–Trinajstić information content (AvgIpc) is 3.08. The third-order valence-electron chi connectivity index (χ3n) is 3.90. The van der Waals surface area contributed by atoms with Gasteiger partial charge in [0.2, 0.25) is 0 Å². The number of nitro groups is 1. The van der Waals surface area contributed by atoms with Crippen LogP contribution in [0, 0.1) is 10.1 Å². The first-order chi connectivity index (χ1) is 13.7. The first-order valence-corrected chi connectivity index (χ1v) is 9.09. The Morgan fingerprint density at radius 3 is 2.72 bits per heavy atom. The number of benzene rings is 1. The van der Waals surface area contributed by atoms with E-state index in [-0.39, 0.29) is 31.1 Å². The SMILES string of the molecule is CC(C)(C)OC(=O)COc1ccc(CO[C@@H]2COc3nc([N+](=O)[O-])cn3C2)cc1. The Bertz CT molecular complexity index is 871. The van der Waals surface area contributed by atoms with Gasteiger partial charge in [-0.05, 0) is 43.4 Å². The molecular formula is C19H23N3O7. The molecule has 0 N–H and O–H groups in total. The van der Waals surface area contributed by atoms with E-state index in [2.05, 4.69) is 4.98 Å². The molecule has 0 radical (unpaired) electrons. The van der Waals surface area contributed by atoms with E-state index >= 15 is 0 Å². The molecule has 1 atom stereocenters. The molecular weight excluding hydrogens is 382 g/mol. The lowest BCUT2D eigenvalue weighted by Crippen LogP contribution is -2.32. The van der Waals surface area contributed by atoms with Crippen molar-refractivity contribution in [2.75, 3.05) is 13.2 Å². The Balaban J connectivity index is 1.45. The third kappa shape index (κ3) is 5.92. The second kappa shape index (κ2) is 8.48. The lowest BCUT2D eigenvalue weighted by molar-refractivity contribution is -0.389. The maximum atomic E-state index is 11.7. The number of imidazole rings is 1. The van der Waals surface area contributed by atoms with Crippen molar-refractivity contribution in [3.63, 3.8) is 0 Å². The summed E-state index contributed by atoms with van der Waals surface area (Å²) >= 11 is 0. The molecule has 29 heavy (non-hydrogen) atoms. The van der Waals surface area contributed by atoms with Gasteiger partial charge in [0.1, 0.15) is 30.3 Å². The van der Waals surface area contributed by atoms with Crippen LogP contribution in [0.4, 0.5) is 5.82 Å². The maximum absolute atomic E-state index is 11.7. The summed E-state index contributed by atoms with van der Waals surface area (Å²) in [6.07, 6.45) is 1.08. The van der Waals surface area contributed by atoms with E-state index in [4.69, 9.17) is 18.9 Å². The van der Waals surface area contributed by atoms with E-state index in [1.165, 1.54) is 6.20 Å². The van der Waals surface area contributed by atoms with E-state index < -0.39 is 16.5 Å². The fraction of sp³-hybridized carbons (Fsp3) is 0.474. The molecule has 2 heterocycles. The highest BCUT2D eigenvalue weighted by atomic mass is 16.6. The average molecular weight is 405 g/mol. The highest BCUT2D eigenvalue weighted by molar-refractivity contribution is 5.71. The van der Waals surface area contributed by atoms with Crippen molar-refractivity contribution in [3.05, 3.63) is 46.1 Å². The molecule has 3 rings (SSSR count). The Hall–Kier alpha value is -3.14. The van der Waals surface area contributed by atoms with Crippen LogP contribution in [-0.2, 0) is 27.4 Å². The van der Waals surface area contributed by atoms with Crippen molar-refractivity contribution >= 4 is 11.8 Å². The Kier molecular flexibility index (Phi) is 6.02. The number of nitrogens with zero attached hydrogens (tertiary/aromatic N) is 3. The molecule has 0 amide bonds. The van der Waals surface area contributed by atoms with Crippen molar-refractivity contribution in [3.8, 4) is 11.8 Å². The topological polar surface area (TPSA) is 115 Å². The summed E-state index contributed by atoms with van der Waals surface area (Å²) in [5.74, 6) is -0.125. The smallest absolute Gasteiger partial charge is 0.414 e. The first-order valence-electron chi connectivity index (χ1n) is 9.09. The highest BCUT2D eigenvalue weighted by Gasteiger charge is 2.28. The fourth-order valence-electron chi connectivity index (χ4n) is 2.67. The number of carbonyl (C=O) groups is 1. The fourth-order valence-corrected chi connectivity index (χ4v) is 2.67. The second-order valence-electron chi connectivity index (χ2n) is 7.55. The number of aromatic nitrogens is 2. The largest absolute Gasteiger partial charge is 0.482 e. The van der Waals surface area contributed by atoms with Crippen LogP contribution < -0.4 is 9.47 Å². The minimum absolute atomic E-state index is 0.161. The van der Waals surface area contributed by atoms with Gasteiger partial charge in [0.25, 0.3) is 0 Å². The number of fused-ring (bicyclic) bond motifs is 1. The van der Waals surface area contributed by atoms with E-state index in [9.17, 15) is 14.9 Å². The van der Waals surface area contributed by atoms with Crippen molar-refractivity contribution in [2.45, 2.75) is 45.6 Å². The predicted molar refractivity (Wildman–Crippen MR) is 101 cm³/mol. The summed E-state index contributed by atoms with van der Waals surface area (Å²) in [6.45, 7) is 6.26. The molecule has 0 unspecified atom stereocenters. The van der Waals surface area contributed by atoms with E-state index in [1.807, 2.05) is 12.1 Å². The number of hydrogen-bond donors (Lipinski definition) is 0. The zero-order chi connectivity index (χ0) is 21.0. The zero-order valence-electron chi connectivity index (χ0n) is 16.5. The van der Waals surface area contributed by atoms with Crippen LogP contribution in [-0.4, -0.2) is 45.4 Å². The molecule has 2 aromatic rings. The summed E-state index contributed by atoms with van der Waals surface area (Å²) in [7, 11) is 0. The standard InChI is InChI=1S/C19H23N3O7/c1-19(2,3)29-17(23)12-27-14-6-4-13(5-7-14)10-26-15-8-21-9-16(22(24)25)20-18(21)28-11-15/h4-7,9,15H,8,10-12H2,1-3H3/t15-/m0/s1. The Labute approximate surface area is 167 Å². The molecule has 0 aliphatic carbocycles. The van der Waals surface area contributed by atoms with Gasteiger partial charge in [0, 0.05) is 4.98 Å². The van der Waals surface area contributed by atoms with Gasteiger partial charge in [0.15, 0.2) is 6.61 Å². The van der Waals surface area contributed by atoms with Gasteiger partial charge < -0.3 is 29.1 Å². The van der Waals surface area contributed by atoms with Crippen LogP contribution in [0.3, 0.4) is 0 Å². The van der Waals surface area contributed by atoms with E-state index in [0.29, 0.717) is 18.9 Å². The lowest BCUT2D eigenvalue weighted by atomic mass is 10.2. The molecule has 0 saturated carbocycles. The molecule has 0 fully saturated rings. The van der Waals surface area contributed by atoms with E-state index in [0.717, 1.165) is 5.56 Å². The molecule has 0 saturated heterocycles. The molecule has 1 aromatic heterocycles. The third-order valence-corrected chi connectivity index (χ3v) is 3.90. The summed E-state index contributed by atoms with van der Waals surface area (Å²) in [5.41, 5.74) is 0.365. The summed E-state index contributed by atoms with van der Waals surface area (Å²) in [4.78, 5) is 25.7. The van der Waals surface area contributed by atoms with Crippen molar-refractivity contribution in [1.82, 2.24) is 9.55 Å². The summed E-state index contributed by atoms with van der Waals surface area (Å²) < 4.78 is 23.4. The number of esters is 1. The highest BCUT2D eigenvalue weighted by Crippen LogP contribution is 2.23. The van der Waals surface area contributed by atoms with Crippen LogP contribution in [0.25, 0.3) is 0 Å². The van der Waals surface area contributed by atoms with Crippen LogP contribution in [0.5, 0.6) is 11.8 Å². The first kappa shape index (κ1) is 20.6. The van der Waals surface area contributed by atoms with Crippen molar-refractivity contribution in [2.24, 2.45) is 0 Å². The van der Waals surface area contributed by atoms with Gasteiger partial charge in [-0.25, -0.2) is 4.79 Å². The quantitative estimate of drug-likeness (QED) is 0.392. The minimum Gasteiger partial charge on any atom is -0.482 e. The number of ether oxygens (including phenoxy) is 4. The van der Waals surface area contributed by atoms with Crippen molar-refractivity contribution in [1.29, 1.82) is 0 Å². The molecule has 1 aromatic carbocycles. The number of carbonyl (C=O) groups excluding carboxylic acids is 1. The molecule has 156 valence electrons. The number of hydrogen-bond acceptors (Lipinski definition) is 8. The van der Waals surface area contributed by atoms with Gasteiger partial charge in [-0.3, -0.25) is 4.57 Å². The zero-order valence-corrected chi connectivity index (χ0v) is 16.5. The molecule has 10 heteroatoms. The molecule has 1 aliphatic rings. The van der Waals surface area contributed by atoms with E-state index in [1.54, 1.807) is 37.5 Å². The van der Waals surface area contributed by atoms with Crippen LogP contribution >= 0.6 is 0 Å². The summed E-state index contributed by atoms with van der Waals surface area (Å²) in [6, 6.07) is 7.39. The monoisotopic (exact) mass is 405 g/mol. The molecule has 0 spiro atoms.